The molecule has 1 aromatic carbocycles. The highest BCUT2D eigenvalue weighted by Gasteiger charge is 2.45. The van der Waals surface area contributed by atoms with Gasteiger partial charge in [-0.3, -0.25) is 10.2 Å². The van der Waals surface area contributed by atoms with Crippen LogP contribution in [0.3, 0.4) is 0 Å². The van der Waals surface area contributed by atoms with Gasteiger partial charge < -0.3 is 10.6 Å². The van der Waals surface area contributed by atoms with E-state index < -0.39 is 59.8 Å². The number of rotatable bonds is 4. The Balaban J connectivity index is 2.13. The lowest BCUT2D eigenvalue weighted by atomic mass is 10.0. The van der Waals surface area contributed by atoms with Gasteiger partial charge in [0.25, 0.3) is 5.92 Å². The third-order valence-corrected chi connectivity index (χ3v) is 3.52. The van der Waals surface area contributed by atoms with E-state index in [1.54, 1.807) is 0 Å². The molecule has 1 saturated heterocycles. The molecule has 13 heteroatoms. The van der Waals surface area contributed by atoms with Crippen LogP contribution in [0.1, 0.15) is 16.7 Å². The van der Waals surface area contributed by atoms with Gasteiger partial charge in [-0.2, -0.15) is 31.4 Å². The van der Waals surface area contributed by atoms with Crippen molar-refractivity contribution in [2.75, 3.05) is 13.1 Å². The van der Waals surface area contributed by atoms with E-state index in [1.807, 2.05) is 5.43 Å². The molecule has 0 bridgehead atoms. The number of carbonyl (C=O) groups excluding carboxylic acids is 1. The first-order valence-corrected chi connectivity index (χ1v) is 7.41. The van der Waals surface area contributed by atoms with Gasteiger partial charge in [0, 0.05) is 17.8 Å². The zero-order valence-corrected chi connectivity index (χ0v) is 13.7. The van der Waals surface area contributed by atoms with Crippen molar-refractivity contribution in [2.24, 2.45) is 10.8 Å². The molecule has 0 spiro atoms. The van der Waals surface area contributed by atoms with E-state index in [2.05, 4.69) is 5.10 Å². The molecule has 1 amide bonds. The number of likely N-dealkylation sites (tertiary alicyclic amines) is 1. The van der Waals surface area contributed by atoms with Crippen molar-refractivity contribution in [3.05, 3.63) is 47.2 Å². The van der Waals surface area contributed by atoms with Crippen LogP contribution in [0.5, 0.6) is 0 Å². The summed E-state index contributed by atoms with van der Waals surface area (Å²) in [5, 5.41) is 3.35. The van der Waals surface area contributed by atoms with Crippen molar-refractivity contribution < 1.29 is 39.9 Å². The Kier molecular flexibility index (Phi) is 5.57. The molecule has 28 heavy (non-hydrogen) atoms. The van der Waals surface area contributed by atoms with Crippen LogP contribution in [0.25, 0.3) is 0 Å². The number of hydrogen-bond acceptors (Lipinski definition) is 3. The minimum absolute atomic E-state index is 0.0639. The third kappa shape index (κ3) is 5.33. The van der Waals surface area contributed by atoms with E-state index in [1.165, 1.54) is 0 Å². The number of hydrogen-bond donors (Lipinski definition) is 2. The van der Waals surface area contributed by atoms with Crippen molar-refractivity contribution in [1.29, 1.82) is 0 Å². The van der Waals surface area contributed by atoms with Gasteiger partial charge >= 0.3 is 12.4 Å². The third-order valence-electron chi connectivity index (χ3n) is 3.52. The second-order valence-electron chi connectivity index (χ2n) is 5.80. The van der Waals surface area contributed by atoms with Gasteiger partial charge in [0.1, 0.15) is 0 Å². The van der Waals surface area contributed by atoms with Crippen LogP contribution in [0.2, 0.25) is 0 Å². The Labute approximate surface area is 152 Å². The van der Waals surface area contributed by atoms with Crippen molar-refractivity contribution in [1.82, 2.24) is 10.3 Å². The van der Waals surface area contributed by atoms with E-state index in [4.69, 9.17) is 5.73 Å². The number of hydrazone groups is 1. The summed E-state index contributed by atoms with van der Waals surface area (Å²) in [7, 11) is 0. The number of benzene rings is 1. The number of nitrogens with one attached hydrogen (secondary N) is 1. The van der Waals surface area contributed by atoms with Gasteiger partial charge in [-0.25, -0.2) is 8.78 Å². The number of amides is 1. The summed E-state index contributed by atoms with van der Waals surface area (Å²) >= 11 is 0. The standard InChI is InChI=1S/C15H12F8N4O/c16-13(17)6-27(7-13)11(28)1-2-25-26-12(24)8-3-9(14(18,19)20)5-10(4-8)15(21,22)23/h1-5,25H,6-7H2,(H2,24,26)/b2-1-. The topological polar surface area (TPSA) is 70.7 Å². The molecule has 3 N–H and O–H groups in total. The number of nitrogens with zero attached hydrogens (tertiary/aromatic N) is 2. The fourth-order valence-corrected chi connectivity index (χ4v) is 2.16. The molecule has 0 unspecified atom stereocenters. The molecule has 0 aliphatic carbocycles. The molecule has 1 heterocycles. The molecule has 2 rings (SSSR count). The van der Waals surface area contributed by atoms with Crippen LogP contribution in [0.15, 0.2) is 35.6 Å². The first kappa shape index (κ1) is 21.4. The number of nitrogens with two attached hydrogens (primary N) is 1. The van der Waals surface area contributed by atoms with Gasteiger partial charge in [0.05, 0.1) is 24.2 Å². The summed E-state index contributed by atoms with van der Waals surface area (Å²) in [6.45, 7) is -1.52. The molecule has 1 aliphatic rings. The Hall–Kier alpha value is -2.86. The normalized spacial score (nSPS) is 17.6. The molecule has 0 aromatic heterocycles. The summed E-state index contributed by atoms with van der Waals surface area (Å²) in [5.74, 6) is -4.46. The Bertz CT molecular complexity index is 773. The Morgan fingerprint density at radius 3 is 2.00 bits per heavy atom. The molecule has 154 valence electrons. The number of carbonyl (C=O) groups is 1. The van der Waals surface area contributed by atoms with Crippen LogP contribution in [-0.4, -0.2) is 35.7 Å². The molecule has 1 aromatic rings. The van der Waals surface area contributed by atoms with Crippen molar-refractivity contribution >= 4 is 11.7 Å². The van der Waals surface area contributed by atoms with Crippen LogP contribution in [0.4, 0.5) is 35.1 Å². The maximum Gasteiger partial charge on any atom is 0.416 e. The van der Waals surface area contributed by atoms with Crippen LogP contribution in [0, 0.1) is 0 Å². The summed E-state index contributed by atoms with van der Waals surface area (Å²) < 4.78 is 102. The summed E-state index contributed by atoms with van der Waals surface area (Å²) in [5.41, 5.74) is 3.64. The van der Waals surface area contributed by atoms with Gasteiger partial charge in [0.15, 0.2) is 5.84 Å². The minimum Gasteiger partial charge on any atom is -0.382 e. The van der Waals surface area contributed by atoms with Crippen molar-refractivity contribution in [2.45, 2.75) is 18.3 Å². The van der Waals surface area contributed by atoms with Crippen molar-refractivity contribution in [3.63, 3.8) is 0 Å². The van der Waals surface area contributed by atoms with Gasteiger partial charge in [-0.15, -0.1) is 0 Å². The van der Waals surface area contributed by atoms with Crippen molar-refractivity contribution in [3.8, 4) is 0 Å². The second-order valence-corrected chi connectivity index (χ2v) is 5.80. The highest BCUT2D eigenvalue weighted by molar-refractivity contribution is 5.97. The maximum atomic E-state index is 12.8. The van der Waals surface area contributed by atoms with Crippen LogP contribution < -0.4 is 11.2 Å². The zero-order chi connectivity index (χ0) is 21.3. The Morgan fingerprint density at radius 2 is 1.57 bits per heavy atom. The monoisotopic (exact) mass is 416 g/mol. The van der Waals surface area contributed by atoms with E-state index >= 15 is 0 Å². The molecule has 0 radical (unpaired) electrons. The second kappa shape index (κ2) is 7.28. The lowest BCUT2D eigenvalue weighted by Gasteiger charge is -2.37. The minimum atomic E-state index is -5.05. The molecule has 5 nitrogen and oxygen atoms in total. The van der Waals surface area contributed by atoms with E-state index in [9.17, 15) is 39.9 Å². The molecular formula is C15H12F8N4O. The average molecular weight is 416 g/mol. The fraction of sp³-hybridized carbons (Fsp3) is 0.333. The predicted octanol–water partition coefficient (Wildman–Crippen LogP) is 2.93. The van der Waals surface area contributed by atoms with Crippen LogP contribution in [-0.2, 0) is 17.1 Å². The fourth-order valence-electron chi connectivity index (χ4n) is 2.16. The summed E-state index contributed by atoms with van der Waals surface area (Å²) in [6.07, 6.45) is -8.44. The maximum absolute atomic E-state index is 12.8. The average Bonchev–Trinajstić information content (AvgIpc) is 2.54. The summed E-state index contributed by atoms with van der Waals surface area (Å²) in [6, 6.07) is 0.700. The van der Waals surface area contributed by atoms with Crippen LogP contribution >= 0.6 is 0 Å². The quantitative estimate of drug-likeness (QED) is 0.261. The smallest absolute Gasteiger partial charge is 0.382 e. The molecule has 1 aliphatic heterocycles. The van der Waals surface area contributed by atoms with Gasteiger partial charge in [-0.05, 0) is 18.2 Å². The lowest BCUT2D eigenvalue weighted by Crippen LogP contribution is -2.58. The number of halogens is 8. The van der Waals surface area contributed by atoms with Gasteiger partial charge in [-0.1, -0.05) is 0 Å². The first-order chi connectivity index (χ1) is 12.7. The number of amidine groups is 1. The molecular weight excluding hydrogens is 404 g/mol. The van der Waals surface area contributed by atoms with E-state index in [0.717, 1.165) is 17.2 Å². The lowest BCUT2D eigenvalue weighted by molar-refractivity contribution is -0.160. The number of alkyl halides is 8. The molecule has 1 fully saturated rings. The SMILES string of the molecule is N/C(=N\N/C=C\C(=O)N1CC(F)(F)C1)c1cc(C(F)(F)F)cc(C(F)(F)F)c1. The predicted molar refractivity (Wildman–Crippen MR) is 81.0 cm³/mol. The summed E-state index contributed by atoms with van der Waals surface area (Å²) in [4.78, 5) is 12.3. The Morgan fingerprint density at radius 1 is 1.07 bits per heavy atom. The van der Waals surface area contributed by atoms with Gasteiger partial charge in [0.2, 0.25) is 5.91 Å². The highest BCUT2D eigenvalue weighted by Crippen LogP contribution is 2.36. The first-order valence-electron chi connectivity index (χ1n) is 7.41. The molecule has 0 atom stereocenters. The molecule has 0 saturated carbocycles. The van der Waals surface area contributed by atoms with E-state index in [-0.39, 0.29) is 6.07 Å². The highest BCUT2D eigenvalue weighted by atomic mass is 19.4. The largest absolute Gasteiger partial charge is 0.416 e. The van der Waals surface area contributed by atoms with E-state index in [0.29, 0.717) is 12.1 Å². The zero-order valence-electron chi connectivity index (χ0n) is 13.7.